The summed E-state index contributed by atoms with van der Waals surface area (Å²) in [6.45, 7) is -0.625. The van der Waals surface area contributed by atoms with Crippen LogP contribution in [0.3, 0.4) is 0 Å². The summed E-state index contributed by atoms with van der Waals surface area (Å²) in [5.41, 5.74) is 0. The Morgan fingerprint density at radius 2 is 1.80 bits per heavy atom. The molecular weight excluding hydrogens is 136 g/mol. The lowest BCUT2D eigenvalue weighted by Gasteiger charge is -2.16. The molecule has 0 aliphatic carbocycles. The van der Waals surface area contributed by atoms with Gasteiger partial charge < -0.3 is 20.4 Å². The lowest BCUT2D eigenvalue weighted by Crippen LogP contribution is -2.38. The summed E-state index contributed by atoms with van der Waals surface area (Å²) >= 11 is 0. The smallest absolute Gasteiger partial charge is 0.142 e. The number of hydrogen-bond donors (Lipinski definition) is 4. The number of aliphatic hydroxyl groups is 4. The van der Waals surface area contributed by atoms with Crippen LogP contribution in [0.1, 0.15) is 0 Å². The fourth-order valence-electron chi connectivity index (χ4n) is 0.417. The van der Waals surface area contributed by atoms with Crippen molar-refractivity contribution in [3.8, 4) is 12.3 Å². The van der Waals surface area contributed by atoms with E-state index in [1.165, 1.54) is 0 Å². The molecule has 0 radical (unpaired) electrons. The molecule has 0 heterocycles. The Labute approximate surface area is 58.7 Å². The van der Waals surface area contributed by atoms with Gasteiger partial charge >= 0.3 is 0 Å². The van der Waals surface area contributed by atoms with Gasteiger partial charge in [0, 0.05) is 0 Å². The summed E-state index contributed by atoms with van der Waals surface area (Å²) in [4.78, 5) is 0. The molecule has 0 saturated carbocycles. The van der Waals surface area contributed by atoms with Crippen LogP contribution in [-0.4, -0.2) is 45.3 Å². The molecule has 4 nitrogen and oxygen atoms in total. The highest BCUT2D eigenvalue weighted by molar-refractivity contribution is 4.99. The molecule has 0 saturated heterocycles. The van der Waals surface area contributed by atoms with Crippen LogP contribution in [0.25, 0.3) is 0 Å². The van der Waals surface area contributed by atoms with Gasteiger partial charge in [0.1, 0.15) is 18.3 Å². The molecule has 3 atom stereocenters. The highest BCUT2D eigenvalue weighted by atomic mass is 16.4. The van der Waals surface area contributed by atoms with E-state index in [9.17, 15) is 0 Å². The van der Waals surface area contributed by atoms with Crippen molar-refractivity contribution >= 4 is 0 Å². The van der Waals surface area contributed by atoms with Gasteiger partial charge in [0.15, 0.2) is 0 Å². The maximum Gasteiger partial charge on any atom is 0.142 e. The second kappa shape index (κ2) is 4.25. The summed E-state index contributed by atoms with van der Waals surface area (Å²) in [6.07, 6.45) is 0.424. The first-order valence-corrected chi connectivity index (χ1v) is 2.74. The zero-order valence-electron chi connectivity index (χ0n) is 5.31. The Bertz CT molecular complexity index is 128. The lowest BCUT2D eigenvalue weighted by atomic mass is 10.1. The van der Waals surface area contributed by atoms with Gasteiger partial charge in [-0.05, 0) is 0 Å². The quantitative estimate of drug-likeness (QED) is 0.337. The van der Waals surface area contributed by atoms with Crippen LogP contribution < -0.4 is 0 Å². The van der Waals surface area contributed by atoms with Crippen LogP contribution in [-0.2, 0) is 0 Å². The number of hydrogen-bond acceptors (Lipinski definition) is 4. The van der Waals surface area contributed by atoms with Crippen LogP contribution in [0.15, 0.2) is 0 Å². The molecule has 0 aliphatic rings. The molecule has 0 aromatic heterocycles. The first kappa shape index (κ1) is 9.40. The highest BCUT2D eigenvalue weighted by Gasteiger charge is 2.21. The standard InChI is InChI=1S/C6H10O4/c1-2-4(8)6(10)5(9)3-7/h1,4-10H,3H2/t4-,5-,6+/m1/s1. The van der Waals surface area contributed by atoms with Crippen LogP contribution >= 0.6 is 0 Å². The minimum atomic E-state index is -1.48. The van der Waals surface area contributed by atoms with E-state index in [2.05, 4.69) is 0 Å². The number of aliphatic hydroxyl groups excluding tert-OH is 4. The van der Waals surface area contributed by atoms with Crippen molar-refractivity contribution in [2.45, 2.75) is 18.3 Å². The Hall–Kier alpha value is -0.600. The molecule has 10 heavy (non-hydrogen) atoms. The molecule has 0 spiro atoms. The maximum atomic E-state index is 8.78. The average Bonchev–Trinajstić information content (AvgIpc) is 2.00. The molecule has 0 bridgehead atoms. The Kier molecular flexibility index (Phi) is 4.00. The third-order valence-corrected chi connectivity index (χ3v) is 1.08. The van der Waals surface area contributed by atoms with E-state index >= 15 is 0 Å². The molecule has 0 aromatic rings. The van der Waals surface area contributed by atoms with Gasteiger partial charge in [-0.15, -0.1) is 6.42 Å². The average molecular weight is 146 g/mol. The van der Waals surface area contributed by atoms with E-state index in [0.717, 1.165) is 0 Å². The third-order valence-electron chi connectivity index (χ3n) is 1.08. The van der Waals surface area contributed by atoms with Crippen LogP contribution in [0.2, 0.25) is 0 Å². The molecule has 0 aliphatic heterocycles. The van der Waals surface area contributed by atoms with Gasteiger partial charge in [-0.2, -0.15) is 0 Å². The van der Waals surface area contributed by atoms with Crippen molar-refractivity contribution in [1.29, 1.82) is 0 Å². The van der Waals surface area contributed by atoms with Gasteiger partial charge in [-0.3, -0.25) is 0 Å². The van der Waals surface area contributed by atoms with Gasteiger partial charge in [0.05, 0.1) is 6.61 Å². The maximum absolute atomic E-state index is 8.78. The molecule has 0 unspecified atom stereocenters. The highest BCUT2D eigenvalue weighted by Crippen LogP contribution is 1.97. The molecular formula is C6H10O4. The third kappa shape index (κ3) is 2.33. The topological polar surface area (TPSA) is 80.9 Å². The second-order valence-corrected chi connectivity index (χ2v) is 1.85. The molecule has 4 heteroatoms. The molecule has 0 fully saturated rings. The Morgan fingerprint density at radius 3 is 2.10 bits per heavy atom. The normalized spacial score (nSPS) is 19.1. The largest absolute Gasteiger partial charge is 0.394 e. The van der Waals surface area contributed by atoms with Crippen LogP contribution in [0.5, 0.6) is 0 Å². The van der Waals surface area contributed by atoms with E-state index < -0.39 is 24.9 Å². The van der Waals surface area contributed by atoms with Gasteiger partial charge in [-0.25, -0.2) is 0 Å². The zero-order valence-corrected chi connectivity index (χ0v) is 5.31. The fourth-order valence-corrected chi connectivity index (χ4v) is 0.417. The predicted molar refractivity (Wildman–Crippen MR) is 33.9 cm³/mol. The van der Waals surface area contributed by atoms with Gasteiger partial charge in [-0.1, -0.05) is 5.92 Å². The summed E-state index contributed by atoms with van der Waals surface area (Å²) in [5, 5.41) is 34.4. The van der Waals surface area contributed by atoms with Crippen molar-refractivity contribution in [3.05, 3.63) is 0 Å². The van der Waals surface area contributed by atoms with E-state index in [1.54, 1.807) is 0 Å². The Morgan fingerprint density at radius 1 is 1.30 bits per heavy atom. The summed E-state index contributed by atoms with van der Waals surface area (Å²) in [7, 11) is 0. The minimum absolute atomic E-state index is 0.625. The van der Waals surface area contributed by atoms with E-state index in [4.69, 9.17) is 26.8 Å². The van der Waals surface area contributed by atoms with E-state index in [-0.39, 0.29) is 0 Å². The number of rotatable bonds is 3. The minimum Gasteiger partial charge on any atom is -0.394 e. The monoisotopic (exact) mass is 146 g/mol. The molecule has 0 amide bonds. The van der Waals surface area contributed by atoms with Crippen LogP contribution in [0, 0.1) is 12.3 Å². The predicted octanol–water partition coefficient (Wildman–Crippen LogP) is -2.31. The molecule has 0 aromatic carbocycles. The molecule has 0 rings (SSSR count). The fraction of sp³-hybridized carbons (Fsp3) is 0.667. The lowest BCUT2D eigenvalue weighted by molar-refractivity contribution is -0.0582. The Balaban J connectivity index is 3.84. The first-order chi connectivity index (χ1) is 4.63. The van der Waals surface area contributed by atoms with E-state index in [1.807, 2.05) is 5.92 Å². The summed E-state index contributed by atoms with van der Waals surface area (Å²) < 4.78 is 0. The summed E-state index contributed by atoms with van der Waals surface area (Å²) in [6, 6.07) is 0. The van der Waals surface area contributed by atoms with Crippen molar-refractivity contribution in [3.63, 3.8) is 0 Å². The first-order valence-electron chi connectivity index (χ1n) is 2.74. The SMILES string of the molecule is C#C[C@@H](O)[C@H](O)[C@H](O)CO. The summed E-state index contributed by atoms with van der Waals surface area (Å²) in [5.74, 6) is 1.81. The second-order valence-electron chi connectivity index (χ2n) is 1.85. The van der Waals surface area contributed by atoms with Crippen molar-refractivity contribution in [2.24, 2.45) is 0 Å². The van der Waals surface area contributed by atoms with Gasteiger partial charge in [0.2, 0.25) is 0 Å². The van der Waals surface area contributed by atoms with E-state index in [0.29, 0.717) is 0 Å². The van der Waals surface area contributed by atoms with Crippen LogP contribution in [0.4, 0.5) is 0 Å². The van der Waals surface area contributed by atoms with Crippen molar-refractivity contribution < 1.29 is 20.4 Å². The molecule has 4 N–H and O–H groups in total. The zero-order chi connectivity index (χ0) is 8.15. The van der Waals surface area contributed by atoms with Gasteiger partial charge in [0.25, 0.3) is 0 Å². The number of terminal acetylenes is 1. The molecule has 58 valence electrons. The van der Waals surface area contributed by atoms with Crippen molar-refractivity contribution in [1.82, 2.24) is 0 Å². The van der Waals surface area contributed by atoms with Crippen molar-refractivity contribution in [2.75, 3.05) is 6.61 Å².